The third-order valence-corrected chi connectivity index (χ3v) is 24.5. The van der Waals surface area contributed by atoms with Crippen molar-refractivity contribution in [1.82, 2.24) is 58.6 Å². The van der Waals surface area contributed by atoms with E-state index in [1.54, 1.807) is 0 Å². The van der Waals surface area contributed by atoms with Crippen molar-refractivity contribution in [2.45, 2.75) is 0 Å². The van der Waals surface area contributed by atoms with Crippen LogP contribution in [0.2, 0.25) is 0 Å². The highest BCUT2D eigenvalue weighted by Crippen LogP contribution is 2.44. The third-order valence-electron chi connectivity index (χ3n) is 24.5. The molecule has 0 aliphatic carbocycles. The summed E-state index contributed by atoms with van der Waals surface area (Å²) in [5.41, 5.74) is 21.3. The number of furan rings is 3. The molecule has 0 atom stereocenters. The molecule has 0 amide bonds. The Morgan fingerprint density at radius 2 is 0.423 bits per heavy atom. The molecule has 0 unspecified atom stereocenters. The van der Waals surface area contributed by atoms with Gasteiger partial charge in [-0.05, 0) is 94.7 Å². The minimum atomic E-state index is 0.558. The second-order valence-corrected chi connectivity index (χ2v) is 32.3. The summed E-state index contributed by atoms with van der Waals surface area (Å²) in [5.74, 6) is 5.52. The van der Waals surface area contributed by atoms with Gasteiger partial charge < -0.3 is 17.8 Å². The van der Waals surface area contributed by atoms with Crippen LogP contribution in [0, 0.1) is 0 Å². The first-order valence-electron chi connectivity index (χ1n) is 43.2. The predicted molar refractivity (Wildman–Crippen MR) is 525 cm³/mol. The highest BCUT2D eigenvalue weighted by atomic mass is 16.3. The molecule has 27 aromatic rings. The molecule has 0 saturated heterocycles. The molecule has 0 N–H and O–H groups in total. The zero-order valence-corrected chi connectivity index (χ0v) is 69.5. The smallest absolute Gasteiger partial charge is 0.238 e. The largest absolute Gasteiger partial charge is 0.456 e. The molecule has 0 aliphatic heterocycles. The molecule has 9 aromatic heterocycles. The maximum absolute atomic E-state index is 6.31. The predicted octanol–water partition coefficient (Wildman–Crippen LogP) is 29.1. The lowest BCUT2D eigenvalue weighted by Gasteiger charge is -2.11. The molecule has 15 heteroatoms. The van der Waals surface area contributed by atoms with Gasteiger partial charge in [0.15, 0.2) is 40.8 Å². The van der Waals surface area contributed by atoms with Gasteiger partial charge in [-0.2, -0.15) is 19.9 Å². The van der Waals surface area contributed by atoms with E-state index in [0.29, 0.717) is 52.7 Å². The van der Waals surface area contributed by atoms with E-state index in [-0.39, 0.29) is 0 Å². The van der Waals surface area contributed by atoms with Crippen LogP contribution in [0.5, 0.6) is 0 Å². The summed E-state index contributed by atoms with van der Waals surface area (Å²) < 4.78 is 25.5. The van der Waals surface area contributed by atoms with Crippen molar-refractivity contribution in [3.05, 3.63) is 425 Å². The summed E-state index contributed by atoms with van der Waals surface area (Å²) in [7, 11) is 0. The Bertz CT molecular complexity index is 9060. The van der Waals surface area contributed by atoms with Crippen LogP contribution < -0.4 is 0 Å². The van der Waals surface area contributed by atoms with Gasteiger partial charge in [0.25, 0.3) is 0 Å². The molecular weight excluding hydrogens is 1600 g/mol. The molecular formula is C115H70N12O3. The van der Waals surface area contributed by atoms with E-state index in [0.717, 1.165) is 176 Å². The molecule has 0 saturated carbocycles. The van der Waals surface area contributed by atoms with Crippen LogP contribution in [0.4, 0.5) is 0 Å². The van der Waals surface area contributed by atoms with Crippen LogP contribution in [0.1, 0.15) is 0 Å². The fourth-order valence-electron chi connectivity index (χ4n) is 18.4. The molecule has 0 aliphatic rings. The van der Waals surface area contributed by atoms with Gasteiger partial charge in [0, 0.05) is 127 Å². The molecule has 15 nitrogen and oxygen atoms in total. The standard InChI is InChI=1S/2C39H24N4O.C37H22N4O/c1-3-12-25(13-4-1)37-40-38(26-14-5-2-6-15-26)42-39(41-37)27-16-11-17-28(22-27)43-33-20-9-7-18-29(33)31-23-32-30-19-8-10-21-35(30)44-36(32)24-34(31)43;1-3-11-25(12-4-1)26-19-21-28(22-20-26)38-40-37(27-13-5-2-6-14-27)41-39(42-38)43-33-17-9-7-15-29(33)31-23-32-30-16-8-10-18-35(30)44-36(32)24-34(31)43;1-2-11-24(12-3-1)35-38-36(26-19-18-23-10-4-5-13-25(23)20-26)40-37(39-35)41-31-16-8-6-14-27(31)29-21-30-28-15-7-9-17-33(28)42-34(30)22-32(29)41/h2*1-24H;1-22H. The monoisotopic (exact) mass is 1670 g/mol. The van der Waals surface area contributed by atoms with Crippen molar-refractivity contribution >= 4 is 142 Å². The summed E-state index contributed by atoms with van der Waals surface area (Å²) in [6, 6.07) is 145. The summed E-state index contributed by atoms with van der Waals surface area (Å²) >= 11 is 0. The number of fused-ring (bicyclic) bond motifs is 19. The molecule has 0 radical (unpaired) electrons. The average Bonchev–Trinajstić information content (AvgIpc) is 1.58. The highest BCUT2D eigenvalue weighted by molar-refractivity contribution is 6.20. The summed E-state index contributed by atoms with van der Waals surface area (Å²) in [4.78, 5) is 45.1. The van der Waals surface area contributed by atoms with E-state index in [9.17, 15) is 0 Å². The van der Waals surface area contributed by atoms with E-state index >= 15 is 0 Å². The Morgan fingerprint density at radius 3 is 0.838 bits per heavy atom. The number of nitrogens with zero attached hydrogens (tertiary/aromatic N) is 12. The SMILES string of the molecule is c1ccc(-c2ccc(-c3nc(-c4ccccc4)nc(-n4c5ccccc5c5cc6c(cc54)oc4ccccc46)n3)cc2)cc1.c1ccc(-c2nc(-c3ccc4ccccc4c3)nc(-n3c4ccccc4c4cc5c(cc43)oc3ccccc35)n2)cc1.c1ccc(-c2nc(-c3ccccc3)nc(-c3cccc(-n4c5ccccc5c5cc6c(cc54)oc4ccccc46)c3)n2)cc1. The third kappa shape index (κ3) is 13.1. The summed E-state index contributed by atoms with van der Waals surface area (Å²) in [6.07, 6.45) is 0. The maximum Gasteiger partial charge on any atom is 0.238 e. The molecule has 130 heavy (non-hydrogen) atoms. The van der Waals surface area contributed by atoms with Gasteiger partial charge in [-0.25, -0.2) is 24.9 Å². The molecule has 9 heterocycles. The van der Waals surface area contributed by atoms with Crippen LogP contribution in [0.3, 0.4) is 0 Å². The molecule has 0 bridgehead atoms. The second-order valence-electron chi connectivity index (χ2n) is 32.3. The number of hydrogen-bond donors (Lipinski definition) is 0. The van der Waals surface area contributed by atoms with Gasteiger partial charge in [0.05, 0.1) is 33.1 Å². The lowest BCUT2D eigenvalue weighted by atomic mass is 10.0. The van der Waals surface area contributed by atoms with Crippen LogP contribution in [0.25, 0.3) is 250 Å². The Morgan fingerprint density at radius 1 is 0.146 bits per heavy atom. The second kappa shape index (κ2) is 31.1. The number of benzene rings is 18. The highest BCUT2D eigenvalue weighted by Gasteiger charge is 2.25. The van der Waals surface area contributed by atoms with E-state index in [1.165, 1.54) is 21.7 Å². The minimum Gasteiger partial charge on any atom is -0.456 e. The van der Waals surface area contributed by atoms with E-state index in [4.69, 9.17) is 58.1 Å². The normalized spacial score (nSPS) is 11.7. The van der Waals surface area contributed by atoms with Gasteiger partial charge in [-0.1, -0.05) is 334 Å². The van der Waals surface area contributed by atoms with Crippen LogP contribution in [-0.2, 0) is 0 Å². The van der Waals surface area contributed by atoms with E-state index < -0.39 is 0 Å². The van der Waals surface area contributed by atoms with Gasteiger partial charge >= 0.3 is 0 Å². The lowest BCUT2D eigenvalue weighted by Crippen LogP contribution is -2.06. The minimum absolute atomic E-state index is 0.558. The van der Waals surface area contributed by atoms with E-state index in [1.807, 2.05) is 164 Å². The fourth-order valence-corrected chi connectivity index (χ4v) is 18.4. The van der Waals surface area contributed by atoms with Crippen molar-refractivity contribution < 1.29 is 13.3 Å². The van der Waals surface area contributed by atoms with Gasteiger partial charge in [0.2, 0.25) is 11.9 Å². The van der Waals surface area contributed by atoms with Crippen molar-refractivity contribution in [3.63, 3.8) is 0 Å². The van der Waals surface area contributed by atoms with Crippen LogP contribution in [-0.4, -0.2) is 58.6 Å². The van der Waals surface area contributed by atoms with E-state index in [2.05, 4.69) is 275 Å². The van der Waals surface area contributed by atoms with Gasteiger partial charge in [-0.15, -0.1) is 0 Å². The fraction of sp³-hybridized carbons (Fsp3) is 0. The first-order chi connectivity index (χ1) is 64.4. The average molecular weight is 1670 g/mol. The number of para-hydroxylation sites is 6. The Hall–Kier alpha value is -18.0. The summed E-state index contributed by atoms with van der Waals surface area (Å²) in [6.45, 7) is 0. The number of hydrogen-bond acceptors (Lipinski definition) is 12. The zero-order chi connectivity index (χ0) is 85.7. The maximum atomic E-state index is 6.31. The van der Waals surface area contributed by atoms with Crippen molar-refractivity contribution in [2.75, 3.05) is 0 Å². The lowest BCUT2D eigenvalue weighted by molar-refractivity contribution is 0.669. The number of rotatable bonds is 11. The number of aromatic nitrogens is 12. The molecule has 0 fully saturated rings. The first-order valence-corrected chi connectivity index (χ1v) is 43.2. The first kappa shape index (κ1) is 74.7. The molecule has 18 aromatic carbocycles. The molecule has 27 rings (SSSR count). The Labute approximate surface area is 742 Å². The Balaban J connectivity index is 0.000000105. The van der Waals surface area contributed by atoms with Crippen LogP contribution in [0.15, 0.2) is 438 Å². The molecule has 608 valence electrons. The topological polar surface area (TPSA) is 170 Å². The van der Waals surface area contributed by atoms with Crippen molar-refractivity contribution in [3.8, 4) is 108 Å². The molecule has 0 spiro atoms. The quantitative estimate of drug-likeness (QED) is 0.120. The summed E-state index contributed by atoms with van der Waals surface area (Å²) in [5, 5.41) is 15.9. The van der Waals surface area contributed by atoms with Crippen molar-refractivity contribution in [1.29, 1.82) is 0 Å². The van der Waals surface area contributed by atoms with Crippen molar-refractivity contribution in [2.24, 2.45) is 0 Å². The Kier molecular flexibility index (Phi) is 17.8. The zero-order valence-electron chi connectivity index (χ0n) is 69.5. The van der Waals surface area contributed by atoms with Gasteiger partial charge in [-0.3, -0.25) is 9.13 Å². The van der Waals surface area contributed by atoms with Gasteiger partial charge in [0.1, 0.15) is 33.5 Å². The van der Waals surface area contributed by atoms with Crippen LogP contribution >= 0.6 is 0 Å².